The number of amides is 1. The van der Waals surface area contributed by atoms with E-state index < -0.39 is 11.2 Å². The summed E-state index contributed by atoms with van der Waals surface area (Å²) < 4.78 is 11.2. The van der Waals surface area contributed by atoms with Crippen LogP contribution in [0.2, 0.25) is 0 Å². The number of hydrazone groups is 1. The number of hydrogen-bond donors (Lipinski definition) is 3. The van der Waals surface area contributed by atoms with E-state index in [1.807, 2.05) is 30.3 Å². The zero-order valence-electron chi connectivity index (χ0n) is 17.8. The van der Waals surface area contributed by atoms with Gasteiger partial charge in [0.25, 0.3) is 5.56 Å². The highest BCUT2D eigenvalue weighted by molar-refractivity contribution is 5.83. The van der Waals surface area contributed by atoms with Gasteiger partial charge in [0.15, 0.2) is 11.5 Å². The molecule has 2 aromatic carbocycles. The average molecular weight is 436 g/mol. The predicted octanol–water partition coefficient (Wildman–Crippen LogP) is 2.04. The number of hydrogen-bond acceptors (Lipinski definition) is 6. The molecule has 0 atom stereocenters. The molecule has 0 unspecified atom stereocenters. The van der Waals surface area contributed by atoms with Crippen molar-refractivity contribution in [3.8, 4) is 11.5 Å². The number of aromatic nitrogens is 2. The Kier molecular flexibility index (Phi) is 7.58. The molecular formula is C23H24N4O5. The predicted molar refractivity (Wildman–Crippen MR) is 120 cm³/mol. The molecule has 3 rings (SSSR count). The van der Waals surface area contributed by atoms with E-state index in [-0.39, 0.29) is 18.7 Å². The Labute approximate surface area is 184 Å². The van der Waals surface area contributed by atoms with E-state index in [9.17, 15) is 14.4 Å². The molecule has 0 spiro atoms. The van der Waals surface area contributed by atoms with Gasteiger partial charge in [0.2, 0.25) is 5.91 Å². The summed E-state index contributed by atoms with van der Waals surface area (Å²) >= 11 is 0. The van der Waals surface area contributed by atoms with Crippen molar-refractivity contribution < 1.29 is 14.3 Å². The second-order valence-electron chi connectivity index (χ2n) is 6.99. The molecule has 0 aliphatic rings. The summed E-state index contributed by atoms with van der Waals surface area (Å²) in [5.41, 5.74) is 3.91. The first kappa shape index (κ1) is 22.5. The minimum absolute atomic E-state index is 0.0445. The lowest BCUT2D eigenvalue weighted by Crippen LogP contribution is -2.28. The van der Waals surface area contributed by atoms with Crippen molar-refractivity contribution >= 4 is 12.1 Å². The molecule has 0 radical (unpaired) electrons. The summed E-state index contributed by atoms with van der Waals surface area (Å²) in [5.74, 6) is 0.782. The molecule has 1 amide bonds. The second-order valence-corrected chi connectivity index (χ2v) is 6.99. The number of aryl methyl sites for hydroxylation is 1. The summed E-state index contributed by atoms with van der Waals surface area (Å²) in [6.45, 7) is 2.03. The fraction of sp³-hybridized carbons (Fsp3) is 0.217. The van der Waals surface area contributed by atoms with Gasteiger partial charge in [0.05, 0.1) is 13.3 Å². The number of ether oxygens (including phenoxy) is 2. The van der Waals surface area contributed by atoms with E-state index in [4.69, 9.17) is 9.47 Å². The Morgan fingerprint density at radius 1 is 1.09 bits per heavy atom. The van der Waals surface area contributed by atoms with Gasteiger partial charge in [-0.1, -0.05) is 30.3 Å². The van der Waals surface area contributed by atoms with Crippen LogP contribution in [0.5, 0.6) is 11.5 Å². The standard InChI is InChI=1S/C23H24N4O5/c1-15-18(22(29)26-23(30)25-15)9-11-21(28)27-24-13-17-8-10-19(20(12-17)31-2)32-14-16-6-4-3-5-7-16/h3-8,10,12-13H,9,11,14H2,1-2H3,(H,27,28)(H2,25,26,29,30)/b24-13+. The fourth-order valence-electron chi connectivity index (χ4n) is 3.02. The number of nitrogens with zero attached hydrogens (tertiary/aromatic N) is 1. The quantitative estimate of drug-likeness (QED) is 0.350. The molecule has 9 heteroatoms. The maximum Gasteiger partial charge on any atom is 0.325 e. The number of aromatic amines is 2. The van der Waals surface area contributed by atoms with Gasteiger partial charge in [-0.2, -0.15) is 5.10 Å². The number of nitrogens with one attached hydrogen (secondary N) is 3. The van der Waals surface area contributed by atoms with Gasteiger partial charge in [-0.15, -0.1) is 0 Å². The largest absolute Gasteiger partial charge is 0.493 e. The number of methoxy groups -OCH3 is 1. The molecule has 0 bridgehead atoms. The Balaban J connectivity index is 1.55. The number of carbonyl (C=O) groups is 1. The highest BCUT2D eigenvalue weighted by atomic mass is 16.5. The van der Waals surface area contributed by atoms with E-state index in [0.717, 1.165) is 5.56 Å². The molecule has 0 saturated heterocycles. The molecule has 0 fully saturated rings. The molecule has 166 valence electrons. The van der Waals surface area contributed by atoms with Crippen molar-refractivity contribution in [2.75, 3.05) is 7.11 Å². The van der Waals surface area contributed by atoms with Crippen molar-refractivity contribution in [3.05, 3.63) is 91.8 Å². The normalized spacial score (nSPS) is 10.8. The minimum Gasteiger partial charge on any atom is -0.493 e. The third-order valence-electron chi connectivity index (χ3n) is 4.68. The first-order valence-corrected chi connectivity index (χ1v) is 9.95. The van der Waals surface area contributed by atoms with E-state index >= 15 is 0 Å². The Hall–Kier alpha value is -4.14. The van der Waals surface area contributed by atoms with Crippen LogP contribution >= 0.6 is 0 Å². The second kappa shape index (κ2) is 10.8. The summed E-state index contributed by atoms with van der Waals surface area (Å²) in [7, 11) is 1.55. The highest BCUT2D eigenvalue weighted by Crippen LogP contribution is 2.28. The van der Waals surface area contributed by atoms with Crippen molar-refractivity contribution in [2.45, 2.75) is 26.4 Å². The lowest BCUT2D eigenvalue weighted by molar-refractivity contribution is -0.121. The van der Waals surface area contributed by atoms with Crippen LogP contribution in [-0.2, 0) is 17.8 Å². The summed E-state index contributed by atoms with van der Waals surface area (Å²) in [6, 6.07) is 15.1. The van der Waals surface area contributed by atoms with Crippen molar-refractivity contribution in [1.82, 2.24) is 15.4 Å². The molecule has 32 heavy (non-hydrogen) atoms. The van der Waals surface area contributed by atoms with Crippen molar-refractivity contribution in [1.29, 1.82) is 0 Å². The first-order chi connectivity index (χ1) is 15.5. The molecule has 9 nitrogen and oxygen atoms in total. The molecule has 1 aromatic heterocycles. The SMILES string of the molecule is COc1cc(/C=N/NC(=O)CCc2c(C)[nH]c(=O)[nH]c2=O)ccc1OCc1ccccc1. The maximum atomic E-state index is 12.0. The lowest BCUT2D eigenvalue weighted by atomic mass is 10.1. The van der Waals surface area contributed by atoms with Crippen LogP contribution in [-0.4, -0.2) is 29.2 Å². The van der Waals surface area contributed by atoms with E-state index in [1.54, 1.807) is 32.2 Å². The van der Waals surface area contributed by atoms with Gasteiger partial charge in [0, 0.05) is 17.7 Å². The summed E-state index contributed by atoms with van der Waals surface area (Å²) in [6.07, 6.45) is 1.71. The number of benzene rings is 2. The molecule has 0 saturated carbocycles. The van der Waals surface area contributed by atoms with Crippen molar-refractivity contribution in [2.24, 2.45) is 5.10 Å². The Morgan fingerprint density at radius 3 is 2.59 bits per heavy atom. The van der Waals surface area contributed by atoms with Crippen LogP contribution < -0.4 is 26.1 Å². The summed E-state index contributed by atoms with van der Waals surface area (Å²) in [5, 5.41) is 3.95. The van der Waals surface area contributed by atoms with Crippen LogP contribution in [0.15, 0.2) is 63.2 Å². The van der Waals surface area contributed by atoms with Gasteiger partial charge < -0.3 is 14.5 Å². The van der Waals surface area contributed by atoms with Crippen LogP contribution in [0.4, 0.5) is 0 Å². The van der Waals surface area contributed by atoms with E-state index in [0.29, 0.717) is 34.9 Å². The third kappa shape index (κ3) is 6.18. The Bertz CT molecular complexity index is 1220. The molecule has 3 aromatic rings. The topological polar surface area (TPSA) is 126 Å². The van der Waals surface area contributed by atoms with E-state index in [1.165, 1.54) is 6.21 Å². The molecule has 0 aliphatic carbocycles. The summed E-state index contributed by atoms with van der Waals surface area (Å²) in [4.78, 5) is 39.7. The van der Waals surface area contributed by atoms with Crippen LogP contribution in [0, 0.1) is 6.92 Å². The third-order valence-corrected chi connectivity index (χ3v) is 4.68. The number of H-pyrrole nitrogens is 2. The highest BCUT2D eigenvalue weighted by Gasteiger charge is 2.09. The Morgan fingerprint density at radius 2 is 1.88 bits per heavy atom. The van der Waals surface area contributed by atoms with Crippen LogP contribution in [0.3, 0.4) is 0 Å². The zero-order chi connectivity index (χ0) is 22.9. The molecular weight excluding hydrogens is 412 g/mol. The fourth-order valence-corrected chi connectivity index (χ4v) is 3.02. The smallest absolute Gasteiger partial charge is 0.325 e. The van der Waals surface area contributed by atoms with E-state index in [2.05, 4.69) is 20.5 Å². The van der Waals surface area contributed by atoms with Gasteiger partial charge in [-0.05, 0) is 42.7 Å². The maximum absolute atomic E-state index is 12.0. The molecule has 0 aliphatic heterocycles. The van der Waals surface area contributed by atoms with Gasteiger partial charge in [0.1, 0.15) is 6.61 Å². The molecule has 1 heterocycles. The van der Waals surface area contributed by atoms with Gasteiger partial charge in [-0.25, -0.2) is 10.2 Å². The first-order valence-electron chi connectivity index (χ1n) is 9.95. The number of rotatable bonds is 9. The van der Waals surface area contributed by atoms with Gasteiger partial charge >= 0.3 is 5.69 Å². The van der Waals surface area contributed by atoms with Crippen molar-refractivity contribution in [3.63, 3.8) is 0 Å². The van der Waals surface area contributed by atoms with Gasteiger partial charge in [-0.3, -0.25) is 14.6 Å². The lowest BCUT2D eigenvalue weighted by Gasteiger charge is -2.11. The monoisotopic (exact) mass is 436 g/mol. The average Bonchev–Trinajstić information content (AvgIpc) is 2.78. The van der Waals surface area contributed by atoms with Crippen LogP contribution in [0.25, 0.3) is 0 Å². The zero-order valence-corrected chi connectivity index (χ0v) is 17.8. The minimum atomic E-state index is -0.572. The number of carbonyl (C=O) groups excluding carboxylic acids is 1. The van der Waals surface area contributed by atoms with Crippen LogP contribution in [0.1, 0.15) is 28.8 Å². The molecule has 3 N–H and O–H groups in total.